The molecule has 0 aliphatic carbocycles. The normalized spacial score (nSPS) is 32.9. The predicted molar refractivity (Wildman–Crippen MR) is 55.5 cm³/mol. The minimum atomic E-state index is -0.0568. The summed E-state index contributed by atoms with van der Waals surface area (Å²) in [6.07, 6.45) is 3.17. The molecule has 0 bridgehead atoms. The standard InChI is InChI=1S/C11H19NO3/c1-14-11(13)9-3-2-5-12(7-9)10-4-6-15-8-10/h9-10H,2-8H2,1H3. The van der Waals surface area contributed by atoms with Gasteiger partial charge in [0.2, 0.25) is 0 Å². The molecule has 4 heteroatoms. The molecule has 0 amide bonds. The fourth-order valence-electron chi connectivity index (χ4n) is 2.51. The fourth-order valence-corrected chi connectivity index (χ4v) is 2.51. The van der Waals surface area contributed by atoms with Gasteiger partial charge in [-0.2, -0.15) is 0 Å². The van der Waals surface area contributed by atoms with E-state index in [1.54, 1.807) is 0 Å². The first-order valence-electron chi connectivity index (χ1n) is 5.71. The van der Waals surface area contributed by atoms with Crippen LogP contribution in [0.2, 0.25) is 0 Å². The van der Waals surface area contributed by atoms with E-state index in [1.165, 1.54) is 7.11 Å². The van der Waals surface area contributed by atoms with Gasteiger partial charge in [-0.05, 0) is 25.8 Å². The molecule has 0 aromatic carbocycles. The van der Waals surface area contributed by atoms with Crippen molar-refractivity contribution in [2.75, 3.05) is 33.4 Å². The van der Waals surface area contributed by atoms with Gasteiger partial charge in [-0.25, -0.2) is 0 Å². The maximum atomic E-state index is 11.4. The van der Waals surface area contributed by atoms with Crippen LogP contribution in [-0.2, 0) is 14.3 Å². The molecule has 86 valence electrons. The second kappa shape index (κ2) is 4.94. The number of ether oxygens (including phenoxy) is 2. The molecule has 2 unspecified atom stereocenters. The summed E-state index contributed by atoms with van der Waals surface area (Å²) in [5, 5.41) is 0. The average molecular weight is 213 g/mol. The smallest absolute Gasteiger partial charge is 0.309 e. The molecule has 2 saturated heterocycles. The highest BCUT2D eigenvalue weighted by atomic mass is 16.5. The second-order valence-corrected chi connectivity index (χ2v) is 4.37. The van der Waals surface area contributed by atoms with Crippen LogP contribution in [-0.4, -0.2) is 50.3 Å². The van der Waals surface area contributed by atoms with Gasteiger partial charge in [-0.3, -0.25) is 9.69 Å². The van der Waals surface area contributed by atoms with Crippen molar-refractivity contribution >= 4 is 5.97 Å². The highest BCUT2D eigenvalue weighted by Gasteiger charge is 2.31. The largest absolute Gasteiger partial charge is 0.469 e. The van der Waals surface area contributed by atoms with Crippen molar-refractivity contribution in [1.82, 2.24) is 4.90 Å². The van der Waals surface area contributed by atoms with Gasteiger partial charge in [-0.15, -0.1) is 0 Å². The number of carbonyl (C=O) groups excluding carboxylic acids is 1. The monoisotopic (exact) mass is 213 g/mol. The molecule has 0 N–H and O–H groups in total. The zero-order valence-electron chi connectivity index (χ0n) is 9.28. The van der Waals surface area contributed by atoms with E-state index in [4.69, 9.17) is 9.47 Å². The lowest BCUT2D eigenvalue weighted by molar-refractivity contribution is -0.147. The molecule has 0 spiro atoms. The van der Waals surface area contributed by atoms with Crippen molar-refractivity contribution in [3.05, 3.63) is 0 Å². The molecule has 2 aliphatic heterocycles. The van der Waals surface area contributed by atoms with Gasteiger partial charge in [0.25, 0.3) is 0 Å². The Labute approximate surface area is 90.5 Å². The number of piperidine rings is 1. The van der Waals surface area contributed by atoms with Crippen LogP contribution in [0.1, 0.15) is 19.3 Å². The first-order valence-corrected chi connectivity index (χ1v) is 5.71. The van der Waals surface area contributed by atoms with Gasteiger partial charge in [0.1, 0.15) is 0 Å². The van der Waals surface area contributed by atoms with Crippen molar-refractivity contribution in [3.63, 3.8) is 0 Å². The van der Waals surface area contributed by atoms with Crippen LogP contribution in [0.25, 0.3) is 0 Å². The van der Waals surface area contributed by atoms with Crippen molar-refractivity contribution in [2.24, 2.45) is 5.92 Å². The van der Waals surface area contributed by atoms with Crippen molar-refractivity contribution in [1.29, 1.82) is 0 Å². The van der Waals surface area contributed by atoms with E-state index >= 15 is 0 Å². The van der Waals surface area contributed by atoms with Gasteiger partial charge in [-0.1, -0.05) is 0 Å². The molecular formula is C11H19NO3. The Kier molecular flexibility index (Phi) is 3.59. The molecule has 4 nitrogen and oxygen atoms in total. The third kappa shape index (κ3) is 2.49. The van der Waals surface area contributed by atoms with Crippen molar-refractivity contribution in [3.8, 4) is 0 Å². The maximum Gasteiger partial charge on any atom is 0.309 e. The van der Waals surface area contributed by atoms with E-state index in [0.717, 1.165) is 45.6 Å². The molecule has 0 radical (unpaired) electrons. The number of methoxy groups -OCH3 is 1. The third-order valence-corrected chi connectivity index (χ3v) is 3.41. The zero-order chi connectivity index (χ0) is 10.7. The number of nitrogens with zero attached hydrogens (tertiary/aromatic N) is 1. The van der Waals surface area contributed by atoms with Crippen molar-refractivity contribution < 1.29 is 14.3 Å². The van der Waals surface area contributed by atoms with Crippen LogP contribution in [0.5, 0.6) is 0 Å². The molecule has 2 aliphatic rings. The number of hydrogen-bond acceptors (Lipinski definition) is 4. The zero-order valence-corrected chi connectivity index (χ0v) is 9.28. The van der Waals surface area contributed by atoms with Crippen LogP contribution in [0, 0.1) is 5.92 Å². The van der Waals surface area contributed by atoms with E-state index in [1.807, 2.05) is 0 Å². The molecule has 2 rings (SSSR count). The van der Waals surface area contributed by atoms with E-state index < -0.39 is 0 Å². The summed E-state index contributed by atoms with van der Waals surface area (Å²) in [5.74, 6) is 0.0166. The minimum Gasteiger partial charge on any atom is -0.469 e. The summed E-state index contributed by atoms with van der Waals surface area (Å²) in [6.45, 7) is 3.64. The number of esters is 1. The van der Waals surface area contributed by atoms with E-state index in [0.29, 0.717) is 6.04 Å². The number of likely N-dealkylation sites (tertiary alicyclic amines) is 1. The Balaban J connectivity index is 1.88. The summed E-state index contributed by atoms with van der Waals surface area (Å²) in [6, 6.07) is 0.525. The molecule has 2 heterocycles. The lowest BCUT2D eigenvalue weighted by Gasteiger charge is -2.34. The van der Waals surface area contributed by atoms with Gasteiger partial charge >= 0.3 is 5.97 Å². The van der Waals surface area contributed by atoms with Crippen LogP contribution >= 0.6 is 0 Å². The molecule has 0 saturated carbocycles. The van der Waals surface area contributed by atoms with Crippen LogP contribution in [0.4, 0.5) is 0 Å². The first-order chi connectivity index (χ1) is 7.31. The Morgan fingerprint density at radius 3 is 3.00 bits per heavy atom. The summed E-state index contributed by atoms with van der Waals surface area (Å²) in [4.78, 5) is 13.8. The highest BCUT2D eigenvalue weighted by Crippen LogP contribution is 2.22. The Hall–Kier alpha value is -0.610. The Morgan fingerprint density at radius 2 is 2.33 bits per heavy atom. The van der Waals surface area contributed by atoms with Gasteiger partial charge in [0, 0.05) is 19.2 Å². The Morgan fingerprint density at radius 1 is 1.47 bits per heavy atom. The van der Waals surface area contributed by atoms with E-state index in [-0.39, 0.29) is 11.9 Å². The average Bonchev–Trinajstić information content (AvgIpc) is 2.82. The maximum absolute atomic E-state index is 11.4. The minimum absolute atomic E-state index is 0.0568. The fraction of sp³-hybridized carbons (Fsp3) is 0.909. The molecule has 2 fully saturated rings. The third-order valence-electron chi connectivity index (χ3n) is 3.41. The lowest BCUT2D eigenvalue weighted by Crippen LogP contribution is -2.45. The van der Waals surface area contributed by atoms with Crippen molar-refractivity contribution in [2.45, 2.75) is 25.3 Å². The van der Waals surface area contributed by atoms with Gasteiger partial charge in [0.05, 0.1) is 19.6 Å². The van der Waals surface area contributed by atoms with Gasteiger partial charge in [0.15, 0.2) is 0 Å². The van der Waals surface area contributed by atoms with E-state index in [9.17, 15) is 4.79 Å². The summed E-state index contributed by atoms with van der Waals surface area (Å²) >= 11 is 0. The molecule has 0 aromatic heterocycles. The van der Waals surface area contributed by atoms with Crippen LogP contribution < -0.4 is 0 Å². The molecule has 2 atom stereocenters. The summed E-state index contributed by atoms with van der Waals surface area (Å²) < 4.78 is 10.2. The summed E-state index contributed by atoms with van der Waals surface area (Å²) in [5.41, 5.74) is 0. The predicted octanol–water partition coefficient (Wildman–Crippen LogP) is 0.660. The Bertz CT molecular complexity index is 226. The van der Waals surface area contributed by atoms with E-state index in [2.05, 4.69) is 4.90 Å². The molecular weight excluding hydrogens is 194 g/mol. The number of carbonyl (C=O) groups is 1. The van der Waals surface area contributed by atoms with Crippen LogP contribution in [0.3, 0.4) is 0 Å². The highest BCUT2D eigenvalue weighted by molar-refractivity contribution is 5.72. The quantitative estimate of drug-likeness (QED) is 0.632. The lowest BCUT2D eigenvalue weighted by atomic mass is 9.96. The van der Waals surface area contributed by atoms with Crippen LogP contribution in [0.15, 0.2) is 0 Å². The second-order valence-electron chi connectivity index (χ2n) is 4.37. The number of hydrogen-bond donors (Lipinski definition) is 0. The summed E-state index contributed by atoms with van der Waals surface area (Å²) in [7, 11) is 1.47. The first kappa shape index (κ1) is 10.9. The topological polar surface area (TPSA) is 38.8 Å². The van der Waals surface area contributed by atoms with Gasteiger partial charge < -0.3 is 9.47 Å². The SMILES string of the molecule is COC(=O)C1CCCN(C2CCOC2)C1. The molecule has 0 aromatic rings. The molecule has 15 heavy (non-hydrogen) atoms. The number of rotatable bonds is 2.